The molecule has 0 amide bonds. The van der Waals surface area contributed by atoms with Gasteiger partial charge < -0.3 is 15.1 Å². The molecule has 1 saturated heterocycles. The largest absolute Gasteiger partial charge is 0.473 e. The molecular formula is C13H26N2O6S5. The minimum Gasteiger partial charge on any atom is -0.473 e. The standard InChI is InChI=1S/C6H13NO2S2.C5H11NS3.C2H2O4/c8-11(9,10)7-6-4-2-1-3-5-6;1-6(2)5-3-7-9-8-4-5;3-1(4)2(5)6/h6-7H,1-5H2,(H,8,9,10);5H,3-4H2,1-2H3;(H,3,4)(H,5,6). The normalized spacial score (nSPS) is 20.8. The van der Waals surface area contributed by atoms with Crippen molar-refractivity contribution in [3.8, 4) is 0 Å². The van der Waals surface area contributed by atoms with Crippen molar-refractivity contribution < 1.29 is 28.6 Å². The first-order chi connectivity index (χ1) is 12.0. The van der Waals surface area contributed by atoms with Gasteiger partial charge in [-0.15, -0.1) is 0 Å². The van der Waals surface area contributed by atoms with Crippen molar-refractivity contribution in [3.63, 3.8) is 0 Å². The van der Waals surface area contributed by atoms with Crippen LogP contribution in [0.5, 0.6) is 0 Å². The zero-order chi connectivity index (χ0) is 20.2. The van der Waals surface area contributed by atoms with E-state index in [9.17, 15) is 4.21 Å². The highest BCUT2D eigenvalue weighted by Gasteiger charge is 2.16. The Kier molecular flexibility index (Phi) is 14.4. The Hall–Kier alpha value is 0.240. The van der Waals surface area contributed by atoms with Crippen molar-refractivity contribution in [3.05, 3.63) is 0 Å². The van der Waals surface area contributed by atoms with Gasteiger partial charge in [0.2, 0.25) is 8.96 Å². The van der Waals surface area contributed by atoms with Crippen LogP contribution in [0.25, 0.3) is 0 Å². The first-order valence-corrected chi connectivity index (χ1v) is 14.1. The summed E-state index contributed by atoms with van der Waals surface area (Å²) in [4.78, 5) is 20.5. The number of nitrogens with one attached hydrogen (secondary N) is 1. The van der Waals surface area contributed by atoms with E-state index in [-0.39, 0.29) is 6.04 Å². The molecule has 8 nitrogen and oxygen atoms in total. The van der Waals surface area contributed by atoms with Gasteiger partial charge in [0.15, 0.2) is 0 Å². The van der Waals surface area contributed by atoms with E-state index >= 15 is 0 Å². The number of carboxylic acid groups (broad SMARTS) is 2. The van der Waals surface area contributed by atoms with Gasteiger partial charge in [0.25, 0.3) is 0 Å². The van der Waals surface area contributed by atoms with E-state index < -0.39 is 20.9 Å². The summed E-state index contributed by atoms with van der Waals surface area (Å²) in [6, 6.07) is 0.958. The van der Waals surface area contributed by atoms with Crippen molar-refractivity contribution in [2.45, 2.75) is 44.2 Å². The van der Waals surface area contributed by atoms with Crippen LogP contribution in [0, 0.1) is 0 Å². The summed E-state index contributed by atoms with van der Waals surface area (Å²) in [7, 11) is 7.03. The lowest BCUT2D eigenvalue weighted by molar-refractivity contribution is -0.159. The van der Waals surface area contributed by atoms with Crippen LogP contribution in [0.15, 0.2) is 0 Å². The molecule has 0 bridgehead atoms. The molecule has 154 valence electrons. The molecule has 0 aromatic carbocycles. The molecule has 1 unspecified atom stereocenters. The Bertz CT molecular complexity index is 507. The first-order valence-electron chi connectivity index (χ1n) is 7.81. The van der Waals surface area contributed by atoms with Crippen molar-refractivity contribution in [2.24, 2.45) is 0 Å². The fourth-order valence-electron chi connectivity index (χ4n) is 2.02. The molecule has 0 radical (unpaired) electrons. The van der Waals surface area contributed by atoms with Gasteiger partial charge in [0, 0.05) is 34.8 Å². The van der Waals surface area contributed by atoms with Crippen LogP contribution >= 0.6 is 31.4 Å². The molecule has 1 aliphatic carbocycles. The van der Waals surface area contributed by atoms with Crippen molar-refractivity contribution in [2.75, 3.05) is 25.6 Å². The van der Waals surface area contributed by atoms with Gasteiger partial charge in [-0.2, -0.15) is 0 Å². The fourth-order valence-corrected chi connectivity index (χ4v) is 7.66. The highest BCUT2D eigenvalue weighted by Crippen LogP contribution is 2.40. The van der Waals surface area contributed by atoms with Crippen LogP contribution in [0.4, 0.5) is 0 Å². The fraction of sp³-hybridized carbons (Fsp3) is 0.846. The van der Waals surface area contributed by atoms with Gasteiger partial charge in [-0.25, -0.2) is 18.5 Å². The highest BCUT2D eigenvalue weighted by atomic mass is 33.5. The third kappa shape index (κ3) is 15.3. The monoisotopic (exact) mass is 466 g/mol. The van der Waals surface area contributed by atoms with Crippen LogP contribution in [0.2, 0.25) is 0 Å². The van der Waals surface area contributed by atoms with Crippen molar-refractivity contribution in [1.82, 2.24) is 9.62 Å². The average molecular weight is 467 g/mol. The molecule has 0 aromatic heterocycles. The molecule has 26 heavy (non-hydrogen) atoms. The summed E-state index contributed by atoms with van der Waals surface area (Å²) in [5.41, 5.74) is 0. The second-order valence-electron chi connectivity index (χ2n) is 5.79. The summed E-state index contributed by atoms with van der Waals surface area (Å²) >= 11 is 4.34. The molecule has 2 rings (SSSR count). The van der Waals surface area contributed by atoms with Gasteiger partial charge in [-0.3, -0.25) is 4.55 Å². The van der Waals surface area contributed by atoms with E-state index in [1.54, 1.807) is 0 Å². The summed E-state index contributed by atoms with van der Waals surface area (Å²) in [6.07, 6.45) is 5.48. The maximum absolute atomic E-state index is 10.7. The second-order valence-corrected chi connectivity index (χ2v) is 12.7. The summed E-state index contributed by atoms with van der Waals surface area (Å²) < 4.78 is 22.1. The Morgan fingerprint density at radius 1 is 1.08 bits per heavy atom. The molecule has 1 heterocycles. The average Bonchev–Trinajstić information content (AvgIpc) is 2.56. The number of hydrogen-bond donors (Lipinski definition) is 4. The second kappa shape index (κ2) is 14.3. The van der Waals surface area contributed by atoms with Gasteiger partial charge >= 0.3 is 11.9 Å². The predicted octanol–water partition coefficient (Wildman–Crippen LogP) is 2.16. The molecule has 2 aliphatic rings. The Labute approximate surface area is 171 Å². The molecule has 4 N–H and O–H groups in total. The third-order valence-electron chi connectivity index (χ3n) is 3.45. The van der Waals surface area contributed by atoms with E-state index in [1.165, 1.54) is 17.9 Å². The number of nitrogens with zero attached hydrogens (tertiary/aromatic N) is 1. The number of rotatable bonds is 3. The predicted molar refractivity (Wildman–Crippen MR) is 113 cm³/mol. The molecule has 13 heteroatoms. The molecule has 1 aliphatic heterocycles. The quantitative estimate of drug-likeness (QED) is 0.361. The molecule has 0 spiro atoms. The minimum absolute atomic E-state index is 0.166. The lowest BCUT2D eigenvalue weighted by Gasteiger charge is -2.25. The smallest absolute Gasteiger partial charge is 0.414 e. The molecule has 0 aromatic rings. The zero-order valence-electron chi connectivity index (χ0n) is 14.7. The maximum atomic E-state index is 10.7. The number of carboxylic acids is 2. The summed E-state index contributed by atoms with van der Waals surface area (Å²) in [5.74, 6) is -1.08. The van der Waals surface area contributed by atoms with E-state index in [0.717, 1.165) is 31.7 Å². The number of hydrogen-bond acceptors (Lipinski definition) is 8. The lowest BCUT2D eigenvalue weighted by Crippen LogP contribution is -2.34. The molecule has 2 fully saturated rings. The zero-order valence-corrected chi connectivity index (χ0v) is 18.7. The van der Waals surface area contributed by atoms with Gasteiger partial charge in [0.1, 0.15) is 0 Å². The van der Waals surface area contributed by atoms with Gasteiger partial charge in [-0.05, 0) is 36.8 Å². The van der Waals surface area contributed by atoms with Crippen LogP contribution in [-0.4, -0.2) is 73.5 Å². The number of carbonyl (C=O) groups is 2. The van der Waals surface area contributed by atoms with Crippen LogP contribution in [-0.2, 0) is 29.7 Å². The van der Waals surface area contributed by atoms with Gasteiger partial charge in [0.05, 0.1) is 0 Å². The van der Waals surface area contributed by atoms with Crippen molar-refractivity contribution in [1.29, 1.82) is 0 Å². The Morgan fingerprint density at radius 3 is 1.85 bits per heavy atom. The third-order valence-corrected chi connectivity index (χ3v) is 8.73. The van der Waals surface area contributed by atoms with E-state index in [2.05, 4.69) is 34.9 Å². The van der Waals surface area contributed by atoms with Crippen LogP contribution in [0.3, 0.4) is 0 Å². The lowest BCUT2D eigenvalue weighted by atomic mass is 9.96. The van der Waals surface area contributed by atoms with Crippen molar-refractivity contribution >= 4 is 63.5 Å². The minimum atomic E-state index is -3.14. The first kappa shape index (κ1) is 26.2. The SMILES string of the molecule is CN(C)C1CSSSC1.O=C(O)C(=O)O.O=S(O)(=S)NC1CCCCC1. The molecule has 1 saturated carbocycles. The van der Waals surface area contributed by atoms with E-state index in [0.29, 0.717) is 0 Å². The highest BCUT2D eigenvalue weighted by molar-refractivity contribution is 9.09. The topological polar surface area (TPSA) is 127 Å². The number of aliphatic carboxylic acids is 2. The summed E-state index contributed by atoms with van der Waals surface area (Å²) in [6.45, 7) is 0. The van der Waals surface area contributed by atoms with Gasteiger partial charge in [-0.1, -0.05) is 40.9 Å². The van der Waals surface area contributed by atoms with E-state index in [4.69, 9.17) is 24.4 Å². The summed E-state index contributed by atoms with van der Waals surface area (Å²) in [5, 5.41) is 14.8. The maximum Gasteiger partial charge on any atom is 0.414 e. The van der Waals surface area contributed by atoms with Crippen LogP contribution < -0.4 is 4.72 Å². The Morgan fingerprint density at radius 2 is 1.54 bits per heavy atom. The Balaban J connectivity index is 0.000000378. The van der Waals surface area contributed by atoms with E-state index in [1.807, 2.05) is 31.4 Å². The molecule has 1 atom stereocenters. The molecular weight excluding hydrogens is 440 g/mol. The van der Waals surface area contributed by atoms with Crippen LogP contribution in [0.1, 0.15) is 32.1 Å².